The Morgan fingerprint density at radius 1 is 1.33 bits per heavy atom. The lowest BCUT2D eigenvalue weighted by Gasteiger charge is -2.34. The largest absolute Gasteiger partial charge is 0.376 e. The van der Waals surface area contributed by atoms with Gasteiger partial charge in [-0.05, 0) is 33.0 Å². The van der Waals surface area contributed by atoms with Crippen molar-refractivity contribution in [2.75, 3.05) is 66.5 Å². The average Bonchev–Trinajstić information content (AvgIpc) is 2.60. The maximum absolute atomic E-state index is 12.2. The first-order chi connectivity index (χ1) is 11.6. The van der Waals surface area contributed by atoms with E-state index in [9.17, 15) is 10.1 Å². The summed E-state index contributed by atoms with van der Waals surface area (Å²) in [6, 6.07) is 2.44. The van der Waals surface area contributed by atoms with Crippen LogP contribution >= 0.6 is 0 Å². The summed E-state index contributed by atoms with van der Waals surface area (Å²) < 4.78 is 0. The van der Waals surface area contributed by atoms with Crippen molar-refractivity contribution >= 4 is 5.91 Å². The number of amides is 1. The minimum atomic E-state index is -0.271. The van der Waals surface area contributed by atoms with Gasteiger partial charge in [0.2, 0.25) is 0 Å². The molecule has 0 saturated carbocycles. The minimum Gasteiger partial charge on any atom is -0.376 e. The number of rotatable bonds is 6. The molecule has 0 spiro atoms. The van der Waals surface area contributed by atoms with Gasteiger partial charge in [-0.3, -0.25) is 9.69 Å². The Labute approximate surface area is 145 Å². The van der Waals surface area contributed by atoms with Crippen LogP contribution in [0.3, 0.4) is 0 Å². The molecule has 2 fully saturated rings. The maximum Gasteiger partial charge on any atom is 0.263 e. The van der Waals surface area contributed by atoms with Gasteiger partial charge in [-0.1, -0.05) is 0 Å². The molecule has 24 heavy (non-hydrogen) atoms. The molecule has 0 bridgehead atoms. The molecule has 0 atom stereocenters. The summed E-state index contributed by atoms with van der Waals surface area (Å²) in [4.78, 5) is 18.9. The lowest BCUT2D eigenvalue weighted by molar-refractivity contribution is -0.117. The Morgan fingerprint density at radius 2 is 2.00 bits per heavy atom. The van der Waals surface area contributed by atoms with Crippen molar-refractivity contribution in [3.8, 4) is 6.07 Å². The van der Waals surface area contributed by atoms with Crippen LogP contribution in [-0.2, 0) is 4.79 Å². The second-order valence-electron chi connectivity index (χ2n) is 6.70. The molecular weight excluding hydrogens is 304 g/mol. The van der Waals surface area contributed by atoms with E-state index in [0.717, 1.165) is 58.7 Å². The standard InChI is InChI=1S/C17H30N6O/c1-21-8-3-16(4-9-21)22(2)14-15(13-18)17(24)20-7-12-23-10-5-19-6-11-23/h14,16,19H,3-12H2,1-2H3,(H,20,24)/b15-14-. The van der Waals surface area contributed by atoms with Crippen molar-refractivity contribution in [2.24, 2.45) is 0 Å². The number of piperidine rings is 1. The quantitative estimate of drug-likeness (QED) is 0.501. The maximum atomic E-state index is 12.2. The number of nitrogens with one attached hydrogen (secondary N) is 2. The third kappa shape index (κ3) is 5.78. The van der Waals surface area contributed by atoms with Crippen molar-refractivity contribution in [1.82, 2.24) is 25.3 Å². The minimum absolute atomic E-state index is 0.191. The van der Waals surface area contributed by atoms with E-state index in [1.165, 1.54) is 0 Å². The summed E-state index contributed by atoms with van der Waals surface area (Å²) in [6.45, 7) is 7.54. The molecule has 0 radical (unpaired) electrons. The molecule has 2 aliphatic heterocycles. The molecule has 0 aromatic heterocycles. The van der Waals surface area contributed by atoms with Gasteiger partial charge < -0.3 is 20.4 Å². The van der Waals surface area contributed by atoms with Crippen LogP contribution in [0.1, 0.15) is 12.8 Å². The van der Waals surface area contributed by atoms with Gasteiger partial charge in [0.1, 0.15) is 11.6 Å². The van der Waals surface area contributed by atoms with E-state index in [1.54, 1.807) is 6.20 Å². The molecule has 0 aromatic rings. The fraction of sp³-hybridized carbons (Fsp3) is 0.765. The predicted octanol–water partition coefficient (Wildman–Crippen LogP) is -0.559. The molecule has 7 nitrogen and oxygen atoms in total. The average molecular weight is 334 g/mol. The summed E-state index contributed by atoms with van der Waals surface area (Å²) in [5, 5.41) is 15.5. The molecule has 0 unspecified atom stereocenters. The van der Waals surface area contributed by atoms with Crippen LogP contribution in [0.2, 0.25) is 0 Å². The fourth-order valence-corrected chi connectivity index (χ4v) is 3.21. The van der Waals surface area contributed by atoms with Gasteiger partial charge in [0.05, 0.1) is 0 Å². The summed E-state index contributed by atoms with van der Waals surface area (Å²) in [7, 11) is 4.08. The van der Waals surface area contributed by atoms with Gasteiger partial charge in [-0.2, -0.15) is 5.26 Å². The third-order valence-electron chi connectivity index (χ3n) is 4.89. The number of piperazine rings is 1. The SMILES string of the molecule is CN1CCC(N(C)/C=C(/C#N)C(=O)NCCN2CCNCC2)CC1. The Kier molecular flexibility index (Phi) is 7.50. The van der Waals surface area contributed by atoms with Crippen LogP contribution in [0.4, 0.5) is 0 Å². The highest BCUT2D eigenvalue weighted by Gasteiger charge is 2.20. The number of nitriles is 1. The van der Waals surface area contributed by atoms with Crippen LogP contribution in [0.5, 0.6) is 0 Å². The summed E-state index contributed by atoms with van der Waals surface area (Å²) in [5.41, 5.74) is 0.191. The van der Waals surface area contributed by atoms with E-state index in [0.29, 0.717) is 12.6 Å². The van der Waals surface area contributed by atoms with Gasteiger partial charge >= 0.3 is 0 Å². The Balaban J connectivity index is 1.78. The van der Waals surface area contributed by atoms with Crippen LogP contribution in [0.25, 0.3) is 0 Å². The molecule has 7 heteroatoms. The predicted molar refractivity (Wildman–Crippen MR) is 94.3 cm³/mol. The monoisotopic (exact) mass is 334 g/mol. The van der Waals surface area contributed by atoms with E-state index in [4.69, 9.17) is 0 Å². The van der Waals surface area contributed by atoms with Crippen LogP contribution < -0.4 is 10.6 Å². The van der Waals surface area contributed by atoms with Crippen LogP contribution in [-0.4, -0.2) is 93.1 Å². The molecule has 134 valence electrons. The third-order valence-corrected chi connectivity index (χ3v) is 4.89. The van der Waals surface area contributed by atoms with Crippen molar-refractivity contribution in [3.05, 3.63) is 11.8 Å². The molecule has 2 saturated heterocycles. The van der Waals surface area contributed by atoms with Gasteiger partial charge in [-0.25, -0.2) is 0 Å². The smallest absolute Gasteiger partial charge is 0.263 e. The highest BCUT2D eigenvalue weighted by molar-refractivity contribution is 5.97. The molecular formula is C17H30N6O. The number of hydrogen-bond acceptors (Lipinski definition) is 6. The molecule has 2 N–H and O–H groups in total. The van der Waals surface area contributed by atoms with Crippen LogP contribution in [0, 0.1) is 11.3 Å². The molecule has 2 rings (SSSR count). The summed E-state index contributed by atoms with van der Waals surface area (Å²) in [5.74, 6) is -0.271. The van der Waals surface area contributed by atoms with Gasteiger partial charge in [0.15, 0.2) is 0 Å². The fourth-order valence-electron chi connectivity index (χ4n) is 3.21. The molecule has 2 heterocycles. The Hall–Kier alpha value is -1.62. The Bertz CT molecular complexity index is 472. The van der Waals surface area contributed by atoms with Crippen molar-refractivity contribution in [3.63, 3.8) is 0 Å². The van der Waals surface area contributed by atoms with E-state index in [1.807, 2.05) is 18.0 Å². The normalized spacial score (nSPS) is 21.3. The molecule has 2 aliphatic rings. The highest BCUT2D eigenvalue weighted by Crippen LogP contribution is 2.15. The van der Waals surface area contributed by atoms with E-state index < -0.39 is 0 Å². The lowest BCUT2D eigenvalue weighted by atomic mass is 10.0. The summed E-state index contributed by atoms with van der Waals surface area (Å²) in [6.07, 6.45) is 3.83. The van der Waals surface area contributed by atoms with E-state index >= 15 is 0 Å². The van der Waals surface area contributed by atoms with Gasteiger partial charge in [0, 0.05) is 58.6 Å². The van der Waals surface area contributed by atoms with E-state index in [-0.39, 0.29) is 11.5 Å². The first-order valence-corrected chi connectivity index (χ1v) is 8.84. The zero-order chi connectivity index (χ0) is 17.4. The molecule has 0 aliphatic carbocycles. The second-order valence-corrected chi connectivity index (χ2v) is 6.70. The van der Waals surface area contributed by atoms with E-state index in [2.05, 4.69) is 27.5 Å². The van der Waals surface area contributed by atoms with Crippen LogP contribution in [0.15, 0.2) is 11.8 Å². The first kappa shape index (κ1) is 18.7. The van der Waals surface area contributed by atoms with Gasteiger partial charge in [-0.15, -0.1) is 0 Å². The summed E-state index contributed by atoms with van der Waals surface area (Å²) >= 11 is 0. The number of hydrogen-bond donors (Lipinski definition) is 2. The topological polar surface area (TPSA) is 74.6 Å². The molecule has 1 amide bonds. The number of nitrogens with zero attached hydrogens (tertiary/aromatic N) is 4. The van der Waals surface area contributed by atoms with Crippen molar-refractivity contribution in [2.45, 2.75) is 18.9 Å². The molecule has 0 aromatic carbocycles. The zero-order valence-corrected chi connectivity index (χ0v) is 14.9. The Morgan fingerprint density at radius 3 is 2.62 bits per heavy atom. The zero-order valence-electron chi connectivity index (χ0n) is 14.9. The second kappa shape index (κ2) is 9.62. The van der Waals surface area contributed by atoms with Crippen molar-refractivity contribution < 1.29 is 4.79 Å². The highest BCUT2D eigenvalue weighted by atomic mass is 16.1. The lowest BCUT2D eigenvalue weighted by Crippen LogP contribution is -2.46. The van der Waals surface area contributed by atoms with Gasteiger partial charge in [0.25, 0.3) is 5.91 Å². The number of carbonyl (C=O) groups is 1. The first-order valence-electron chi connectivity index (χ1n) is 8.84. The number of likely N-dealkylation sites (tertiary alicyclic amines) is 1. The van der Waals surface area contributed by atoms with Crippen molar-refractivity contribution in [1.29, 1.82) is 5.26 Å². The number of carbonyl (C=O) groups excluding carboxylic acids is 1.